The number of aromatic nitrogens is 3. The van der Waals surface area contributed by atoms with Crippen molar-refractivity contribution in [3.8, 4) is 39.3 Å². The fourth-order valence-corrected chi connectivity index (χ4v) is 4.86. The van der Waals surface area contributed by atoms with E-state index < -0.39 is 0 Å². The third-order valence-corrected chi connectivity index (χ3v) is 6.49. The third-order valence-electron chi connectivity index (χ3n) is 5.68. The number of rotatable bonds is 4. The molecule has 0 atom stereocenters. The predicted molar refractivity (Wildman–Crippen MR) is 133 cm³/mol. The van der Waals surface area contributed by atoms with Crippen LogP contribution in [-0.4, -0.2) is 14.5 Å². The first-order chi connectivity index (χ1) is 15.9. The molecule has 0 radical (unpaired) electrons. The Labute approximate surface area is 190 Å². The van der Waals surface area contributed by atoms with Gasteiger partial charge in [-0.15, -0.1) is 11.3 Å². The molecule has 0 saturated carbocycles. The smallest absolute Gasteiger partial charge is 0.144 e. The molecule has 0 aliphatic heterocycles. The molecule has 0 aliphatic rings. The summed E-state index contributed by atoms with van der Waals surface area (Å²) in [7, 11) is 0. The van der Waals surface area contributed by atoms with E-state index in [4.69, 9.17) is 4.98 Å². The summed E-state index contributed by atoms with van der Waals surface area (Å²) in [5, 5.41) is 0. The molecule has 6 rings (SSSR count). The molecule has 0 spiro atoms. The highest BCUT2D eigenvalue weighted by molar-refractivity contribution is 7.16. The molecule has 0 fully saturated rings. The van der Waals surface area contributed by atoms with Crippen LogP contribution in [0.1, 0.15) is 0 Å². The SMILES string of the molecule is c1ccc(-c2cccc(-c3ccccc3)c2-n2ccnc2-c2ccc3scnc3c2)cc1. The summed E-state index contributed by atoms with van der Waals surface area (Å²) in [6.07, 6.45) is 3.92. The van der Waals surface area contributed by atoms with Crippen LogP contribution in [0.25, 0.3) is 49.5 Å². The first-order valence-electron chi connectivity index (χ1n) is 10.5. The maximum Gasteiger partial charge on any atom is 0.144 e. The second-order valence-corrected chi connectivity index (χ2v) is 8.48. The number of nitrogens with zero attached hydrogens (tertiary/aromatic N) is 3. The molecule has 2 heterocycles. The van der Waals surface area contributed by atoms with E-state index in [1.807, 2.05) is 11.7 Å². The number of thiazole rings is 1. The lowest BCUT2D eigenvalue weighted by atomic mass is 9.95. The Bertz CT molecular complexity index is 1460. The van der Waals surface area contributed by atoms with Crippen molar-refractivity contribution in [1.29, 1.82) is 0 Å². The molecular formula is C28H19N3S. The lowest BCUT2D eigenvalue weighted by Gasteiger charge is -2.18. The summed E-state index contributed by atoms with van der Waals surface area (Å²) in [5.74, 6) is 0.903. The minimum Gasteiger partial charge on any atom is -0.299 e. The van der Waals surface area contributed by atoms with Crippen molar-refractivity contribution in [2.75, 3.05) is 0 Å². The fourth-order valence-electron chi connectivity index (χ4n) is 4.20. The number of para-hydroxylation sites is 1. The largest absolute Gasteiger partial charge is 0.299 e. The molecule has 4 aromatic carbocycles. The van der Waals surface area contributed by atoms with Gasteiger partial charge in [-0.3, -0.25) is 4.57 Å². The Morgan fingerprint density at radius 3 is 2.00 bits per heavy atom. The van der Waals surface area contributed by atoms with Crippen LogP contribution in [0.15, 0.2) is 115 Å². The third kappa shape index (κ3) is 3.22. The summed E-state index contributed by atoms with van der Waals surface area (Å²) in [4.78, 5) is 9.27. The molecule has 32 heavy (non-hydrogen) atoms. The molecule has 152 valence electrons. The van der Waals surface area contributed by atoms with Gasteiger partial charge in [0.1, 0.15) is 5.82 Å². The Hall–Kier alpha value is -4.02. The molecule has 0 N–H and O–H groups in total. The van der Waals surface area contributed by atoms with Gasteiger partial charge in [-0.05, 0) is 29.3 Å². The van der Waals surface area contributed by atoms with Crippen molar-refractivity contribution in [2.45, 2.75) is 0 Å². The van der Waals surface area contributed by atoms with E-state index in [1.165, 1.54) is 27.0 Å². The van der Waals surface area contributed by atoms with Gasteiger partial charge in [-0.1, -0.05) is 78.9 Å². The van der Waals surface area contributed by atoms with Crippen LogP contribution >= 0.6 is 11.3 Å². The Morgan fingerprint density at radius 1 is 0.625 bits per heavy atom. The molecule has 0 bridgehead atoms. The van der Waals surface area contributed by atoms with Gasteiger partial charge in [0.05, 0.1) is 21.4 Å². The van der Waals surface area contributed by atoms with Gasteiger partial charge >= 0.3 is 0 Å². The number of hydrogen-bond donors (Lipinski definition) is 0. The van der Waals surface area contributed by atoms with Gasteiger partial charge in [0.25, 0.3) is 0 Å². The zero-order valence-electron chi connectivity index (χ0n) is 17.2. The number of hydrogen-bond acceptors (Lipinski definition) is 3. The van der Waals surface area contributed by atoms with Crippen LogP contribution in [0, 0.1) is 0 Å². The van der Waals surface area contributed by atoms with Crippen molar-refractivity contribution >= 4 is 21.6 Å². The first kappa shape index (κ1) is 18.7. The summed E-state index contributed by atoms with van der Waals surface area (Å²) in [6, 6.07) is 33.9. The topological polar surface area (TPSA) is 30.7 Å². The van der Waals surface area contributed by atoms with Crippen LogP contribution in [0.3, 0.4) is 0 Å². The standard InChI is InChI=1S/C28H19N3S/c1-3-8-20(9-4-1)23-12-7-13-24(21-10-5-2-6-11-21)27(23)31-17-16-29-28(31)22-14-15-26-25(18-22)30-19-32-26/h1-19H. The molecule has 6 aromatic rings. The molecule has 4 heteroatoms. The van der Waals surface area contributed by atoms with Gasteiger partial charge in [-0.2, -0.15) is 0 Å². The van der Waals surface area contributed by atoms with Crippen LogP contribution < -0.4 is 0 Å². The number of imidazole rings is 1. The Balaban J connectivity index is 1.63. The van der Waals surface area contributed by atoms with E-state index in [1.54, 1.807) is 11.3 Å². The highest BCUT2D eigenvalue weighted by atomic mass is 32.1. The lowest BCUT2D eigenvalue weighted by molar-refractivity contribution is 1.07. The Kier molecular flexibility index (Phi) is 4.63. The van der Waals surface area contributed by atoms with E-state index in [9.17, 15) is 0 Å². The van der Waals surface area contributed by atoms with Crippen LogP contribution in [-0.2, 0) is 0 Å². The minimum absolute atomic E-state index is 0.903. The summed E-state index contributed by atoms with van der Waals surface area (Å²) in [5.41, 5.74) is 9.75. The predicted octanol–water partition coefficient (Wildman–Crippen LogP) is 7.48. The normalized spacial score (nSPS) is 11.1. The van der Waals surface area contributed by atoms with Gasteiger partial charge in [0.15, 0.2) is 0 Å². The van der Waals surface area contributed by atoms with Crippen LogP contribution in [0.2, 0.25) is 0 Å². The molecule has 2 aromatic heterocycles. The van der Waals surface area contributed by atoms with Gasteiger partial charge in [0.2, 0.25) is 0 Å². The highest BCUT2D eigenvalue weighted by Gasteiger charge is 2.17. The zero-order valence-corrected chi connectivity index (χ0v) is 18.0. The quantitative estimate of drug-likeness (QED) is 0.291. The van der Waals surface area contributed by atoms with Crippen molar-refractivity contribution in [3.05, 3.63) is 115 Å². The molecule has 0 aliphatic carbocycles. The summed E-state index contributed by atoms with van der Waals surface area (Å²) < 4.78 is 3.39. The van der Waals surface area contributed by atoms with E-state index in [0.717, 1.165) is 22.6 Å². The minimum atomic E-state index is 0.903. The van der Waals surface area contributed by atoms with Gasteiger partial charge < -0.3 is 0 Å². The second-order valence-electron chi connectivity index (χ2n) is 7.59. The molecule has 0 unspecified atom stereocenters. The highest BCUT2D eigenvalue weighted by Crippen LogP contribution is 2.38. The van der Waals surface area contributed by atoms with Gasteiger partial charge in [0, 0.05) is 29.1 Å². The lowest BCUT2D eigenvalue weighted by Crippen LogP contribution is -2.02. The first-order valence-corrected chi connectivity index (χ1v) is 11.4. The van der Waals surface area contributed by atoms with E-state index in [2.05, 4.69) is 113 Å². The monoisotopic (exact) mass is 429 g/mol. The Morgan fingerprint density at radius 2 is 1.31 bits per heavy atom. The maximum atomic E-state index is 4.76. The second kappa shape index (κ2) is 7.91. The van der Waals surface area contributed by atoms with Crippen LogP contribution in [0.4, 0.5) is 0 Å². The zero-order chi connectivity index (χ0) is 21.3. The van der Waals surface area contributed by atoms with E-state index in [-0.39, 0.29) is 0 Å². The van der Waals surface area contributed by atoms with Crippen LogP contribution in [0.5, 0.6) is 0 Å². The number of benzene rings is 4. The van der Waals surface area contributed by atoms with E-state index in [0.29, 0.717) is 0 Å². The summed E-state index contributed by atoms with van der Waals surface area (Å²) >= 11 is 1.65. The number of fused-ring (bicyclic) bond motifs is 1. The van der Waals surface area contributed by atoms with Crippen molar-refractivity contribution in [1.82, 2.24) is 14.5 Å². The van der Waals surface area contributed by atoms with Crippen molar-refractivity contribution in [3.63, 3.8) is 0 Å². The fraction of sp³-hybridized carbons (Fsp3) is 0. The van der Waals surface area contributed by atoms with Crippen molar-refractivity contribution < 1.29 is 0 Å². The summed E-state index contributed by atoms with van der Waals surface area (Å²) in [6.45, 7) is 0. The molecule has 3 nitrogen and oxygen atoms in total. The average Bonchev–Trinajstić information content (AvgIpc) is 3.54. The maximum absolute atomic E-state index is 4.76. The van der Waals surface area contributed by atoms with E-state index >= 15 is 0 Å². The van der Waals surface area contributed by atoms with Gasteiger partial charge in [-0.25, -0.2) is 9.97 Å². The average molecular weight is 430 g/mol. The van der Waals surface area contributed by atoms with Crippen molar-refractivity contribution in [2.24, 2.45) is 0 Å². The molecule has 0 amide bonds. The molecular weight excluding hydrogens is 410 g/mol. The molecule has 0 saturated heterocycles.